The van der Waals surface area contributed by atoms with E-state index in [1.54, 1.807) is 0 Å². The summed E-state index contributed by atoms with van der Waals surface area (Å²) in [5.41, 5.74) is 1.14. The van der Waals surface area contributed by atoms with E-state index >= 15 is 0 Å². The van der Waals surface area contributed by atoms with Gasteiger partial charge in [0.2, 0.25) is 0 Å². The fraction of sp³-hybridized carbons (Fsp3) is 0.333. The lowest BCUT2D eigenvalue weighted by Gasteiger charge is -2.09. The van der Waals surface area contributed by atoms with Crippen molar-refractivity contribution in [2.75, 3.05) is 0 Å². The average Bonchev–Trinajstić information content (AvgIpc) is 2.05. The van der Waals surface area contributed by atoms with Crippen LogP contribution in [0.5, 0.6) is 0 Å². The summed E-state index contributed by atoms with van der Waals surface area (Å²) in [5, 5.41) is 17.5. The lowest BCUT2D eigenvalue weighted by Crippen LogP contribution is -2.13. The molecule has 1 aromatic carbocycles. The molecule has 0 aliphatic rings. The predicted molar refractivity (Wildman–Crippen MR) is 49.9 cm³/mol. The molecule has 0 saturated carbocycles. The lowest BCUT2D eigenvalue weighted by molar-refractivity contribution is 0.400. The fourth-order valence-corrected chi connectivity index (χ4v) is 1.23. The summed E-state index contributed by atoms with van der Waals surface area (Å²) in [6.07, 6.45) is 0.393. The molecule has 0 radical (unpaired) electrons. The predicted octanol–water partition coefficient (Wildman–Crippen LogP) is 1.26. The zero-order chi connectivity index (χ0) is 8.97. The summed E-state index contributed by atoms with van der Waals surface area (Å²) >= 11 is 0. The van der Waals surface area contributed by atoms with Gasteiger partial charge in [0.05, 0.1) is 0 Å². The number of benzene rings is 1. The topological polar surface area (TPSA) is 40.5 Å². The van der Waals surface area contributed by atoms with Gasteiger partial charge in [-0.25, -0.2) is 0 Å². The van der Waals surface area contributed by atoms with Crippen LogP contribution in [0.15, 0.2) is 30.3 Å². The Bertz CT molecular complexity index is 223. The Kier molecular flexibility index (Phi) is 3.32. The molecule has 0 amide bonds. The molecule has 0 aromatic heterocycles. The summed E-state index contributed by atoms with van der Waals surface area (Å²) in [6.45, 7) is 1.98. The summed E-state index contributed by atoms with van der Waals surface area (Å²) in [7, 11) is -1.21. The van der Waals surface area contributed by atoms with Crippen molar-refractivity contribution in [1.29, 1.82) is 0 Å². The van der Waals surface area contributed by atoms with Gasteiger partial charge < -0.3 is 10.0 Å². The van der Waals surface area contributed by atoms with Crippen molar-refractivity contribution in [2.45, 2.75) is 19.2 Å². The van der Waals surface area contributed by atoms with E-state index in [9.17, 15) is 0 Å². The minimum absolute atomic E-state index is 0.200. The second-order valence-corrected chi connectivity index (χ2v) is 3.03. The van der Waals surface area contributed by atoms with E-state index in [2.05, 4.69) is 0 Å². The van der Waals surface area contributed by atoms with Gasteiger partial charge in [0.15, 0.2) is 0 Å². The van der Waals surface area contributed by atoms with Crippen LogP contribution in [0, 0.1) is 0 Å². The van der Waals surface area contributed by atoms with Crippen LogP contribution in [-0.4, -0.2) is 17.2 Å². The Morgan fingerprint density at radius 2 is 1.83 bits per heavy atom. The molecule has 0 heterocycles. The second-order valence-electron chi connectivity index (χ2n) is 3.03. The molecule has 0 fully saturated rings. The molecule has 1 atom stereocenters. The maximum atomic E-state index is 8.74. The molecule has 1 rings (SSSR count). The van der Waals surface area contributed by atoms with Gasteiger partial charge in [-0.05, 0) is 17.8 Å². The maximum absolute atomic E-state index is 8.74. The third-order valence-electron chi connectivity index (χ3n) is 1.93. The molecule has 2 N–H and O–H groups in total. The van der Waals surface area contributed by atoms with Gasteiger partial charge in [-0.15, -0.1) is 0 Å². The van der Waals surface area contributed by atoms with Crippen LogP contribution in [0.4, 0.5) is 0 Å². The highest BCUT2D eigenvalue weighted by Gasteiger charge is 2.13. The van der Waals surface area contributed by atoms with Gasteiger partial charge in [-0.3, -0.25) is 0 Å². The molecule has 12 heavy (non-hydrogen) atoms. The van der Waals surface area contributed by atoms with Crippen LogP contribution in [0.3, 0.4) is 0 Å². The first-order chi connectivity index (χ1) is 5.70. The molecule has 1 aromatic rings. The van der Waals surface area contributed by atoms with E-state index < -0.39 is 7.12 Å². The highest BCUT2D eigenvalue weighted by molar-refractivity contribution is 6.41. The van der Waals surface area contributed by atoms with E-state index in [4.69, 9.17) is 10.0 Å². The van der Waals surface area contributed by atoms with Crippen LogP contribution in [0.1, 0.15) is 18.4 Å². The van der Waals surface area contributed by atoms with E-state index in [0.29, 0.717) is 6.32 Å². The second kappa shape index (κ2) is 4.29. The van der Waals surface area contributed by atoms with E-state index in [-0.39, 0.29) is 5.92 Å². The van der Waals surface area contributed by atoms with Crippen molar-refractivity contribution in [1.82, 2.24) is 0 Å². The van der Waals surface area contributed by atoms with Gasteiger partial charge >= 0.3 is 7.12 Å². The average molecular weight is 164 g/mol. The van der Waals surface area contributed by atoms with Gasteiger partial charge in [-0.2, -0.15) is 0 Å². The minimum atomic E-state index is -1.21. The van der Waals surface area contributed by atoms with E-state index in [1.807, 2.05) is 37.3 Å². The number of rotatable bonds is 3. The van der Waals surface area contributed by atoms with Gasteiger partial charge in [0.25, 0.3) is 0 Å². The van der Waals surface area contributed by atoms with Crippen molar-refractivity contribution < 1.29 is 10.0 Å². The Balaban J connectivity index is 2.59. The summed E-state index contributed by atoms with van der Waals surface area (Å²) in [4.78, 5) is 0. The van der Waals surface area contributed by atoms with E-state index in [1.165, 1.54) is 0 Å². The monoisotopic (exact) mass is 164 g/mol. The SMILES string of the molecule is CC(CB(O)O)c1ccccc1. The summed E-state index contributed by atoms with van der Waals surface area (Å²) in [6, 6.07) is 9.84. The third kappa shape index (κ3) is 2.68. The van der Waals surface area contributed by atoms with Crippen LogP contribution >= 0.6 is 0 Å². The molecular formula is C9H13BO2. The molecule has 0 saturated heterocycles. The van der Waals surface area contributed by atoms with Crippen molar-refractivity contribution in [3.05, 3.63) is 35.9 Å². The van der Waals surface area contributed by atoms with Crippen molar-refractivity contribution >= 4 is 7.12 Å². The zero-order valence-electron chi connectivity index (χ0n) is 7.14. The normalized spacial score (nSPS) is 12.6. The molecule has 0 spiro atoms. The molecule has 0 bridgehead atoms. The number of hydrogen-bond acceptors (Lipinski definition) is 2. The highest BCUT2D eigenvalue weighted by Crippen LogP contribution is 2.19. The standard InChI is InChI=1S/C9H13BO2/c1-8(7-10(11)12)9-5-3-2-4-6-9/h2-6,8,11-12H,7H2,1H3. The first-order valence-electron chi connectivity index (χ1n) is 4.11. The van der Waals surface area contributed by atoms with Gasteiger partial charge in [0, 0.05) is 0 Å². The summed E-state index contributed by atoms with van der Waals surface area (Å²) in [5.74, 6) is 0.200. The minimum Gasteiger partial charge on any atom is -0.427 e. The molecule has 0 aliphatic heterocycles. The zero-order valence-corrected chi connectivity index (χ0v) is 7.14. The van der Waals surface area contributed by atoms with Crippen molar-refractivity contribution in [3.63, 3.8) is 0 Å². The molecule has 64 valence electrons. The first kappa shape index (κ1) is 9.29. The van der Waals surface area contributed by atoms with Crippen LogP contribution in [0.2, 0.25) is 6.32 Å². The van der Waals surface area contributed by atoms with Crippen LogP contribution in [-0.2, 0) is 0 Å². The number of hydrogen-bond donors (Lipinski definition) is 2. The maximum Gasteiger partial charge on any atom is 0.452 e. The van der Waals surface area contributed by atoms with Gasteiger partial charge in [-0.1, -0.05) is 37.3 Å². The largest absolute Gasteiger partial charge is 0.452 e. The molecule has 3 heteroatoms. The molecule has 0 aliphatic carbocycles. The van der Waals surface area contributed by atoms with Crippen molar-refractivity contribution in [3.8, 4) is 0 Å². The first-order valence-corrected chi connectivity index (χ1v) is 4.11. The lowest BCUT2D eigenvalue weighted by atomic mass is 9.76. The smallest absolute Gasteiger partial charge is 0.427 e. The Morgan fingerprint density at radius 3 is 2.33 bits per heavy atom. The molecular weight excluding hydrogens is 151 g/mol. The molecule has 1 unspecified atom stereocenters. The third-order valence-corrected chi connectivity index (χ3v) is 1.93. The Hall–Kier alpha value is -0.795. The van der Waals surface area contributed by atoms with Gasteiger partial charge in [0.1, 0.15) is 0 Å². The summed E-state index contributed by atoms with van der Waals surface area (Å²) < 4.78 is 0. The fourth-order valence-electron chi connectivity index (χ4n) is 1.23. The molecule has 2 nitrogen and oxygen atoms in total. The van der Waals surface area contributed by atoms with Crippen LogP contribution < -0.4 is 0 Å². The Labute approximate surface area is 73.0 Å². The Morgan fingerprint density at radius 1 is 1.25 bits per heavy atom. The van der Waals surface area contributed by atoms with Crippen molar-refractivity contribution in [2.24, 2.45) is 0 Å². The van der Waals surface area contributed by atoms with E-state index in [0.717, 1.165) is 5.56 Å². The van der Waals surface area contributed by atoms with Crippen LogP contribution in [0.25, 0.3) is 0 Å². The highest BCUT2D eigenvalue weighted by atomic mass is 16.4. The quantitative estimate of drug-likeness (QED) is 0.660.